The standard InChI is InChI=1S/C20H22N2O3/c1-13(2)10-17(14-6-4-3-5-7-14)22-20(24)15-8-9-16-18(11-15)25-12-19(23)21-16/h3-9,11,13,17H,10,12H2,1-2H3,(H,21,23)(H,22,24). The summed E-state index contributed by atoms with van der Waals surface area (Å²) in [7, 11) is 0. The average molecular weight is 338 g/mol. The number of nitrogens with one attached hydrogen (secondary N) is 2. The lowest BCUT2D eigenvalue weighted by Gasteiger charge is -2.22. The highest BCUT2D eigenvalue weighted by molar-refractivity contribution is 5.99. The first-order chi connectivity index (χ1) is 12.0. The van der Waals surface area contributed by atoms with Gasteiger partial charge in [-0.25, -0.2) is 0 Å². The summed E-state index contributed by atoms with van der Waals surface area (Å²) in [4.78, 5) is 24.0. The average Bonchev–Trinajstić information content (AvgIpc) is 2.61. The molecular weight excluding hydrogens is 316 g/mol. The number of anilines is 1. The summed E-state index contributed by atoms with van der Waals surface area (Å²) < 4.78 is 5.39. The molecule has 3 rings (SSSR count). The Hall–Kier alpha value is -2.82. The maximum Gasteiger partial charge on any atom is 0.262 e. The van der Waals surface area contributed by atoms with Crippen molar-refractivity contribution in [2.45, 2.75) is 26.3 Å². The van der Waals surface area contributed by atoms with Crippen LogP contribution in [-0.4, -0.2) is 18.4 Å². The van der Waals surface area contributed by atoms with Crippen molar-refractivity contribution in [3.05, 3.63) is 59.7 Å². The molecule has 1 atom stereocenters. The Morgan fingerprint density at radius 3 is 2.68 bits per heavy atom. The maximum absolute atomic E-state index is 12.7. The van der Waals surface area contributed by atoms with E-state index in [4.69, 9.17) is 4.74 Å². The lowest BCUT2D eigenvalue weighted by Crippen LogP contribution is -2.30. The number of hydrogen-bond donors (Lipinski definition) is 2. The molecule has 2 amide bonds. The lowest BCUT2D eigenvalue weighted by atomic mass is 9.96. The number of amides is 2. The van der Waals surface area contributed by atoms with Gasteiger partial charge in [0.15, 0.2) is 6.61 Å². The number of ether oxygens (including phenoxy) is 1. The van der Waals surface area contributed by atoms with E-state index in [0.29, 0.717) is 22.9 Å². The molecule has 130 valence electrons. The Kier molecular flexibility index (Phi) is 5.03. The summed E-state index contributed by atoms with van der Waals surface area (Å²) in [6.07, 6.45) is 0.854. The molecule has 25 heavy (non-hydrogen) atoms. The Labute approximate surface area is 147 Å². The topological polar surface area (TPSA) is 67.4 Å². The van der Waals surface area contributed by atoms with Crippen LogP contribution in [0.5, 0.6) is 5.75 Å². The third kappa shape index (κ3) is 4.18. The zero-order valence-corrected chi connectivity index (χ0v) is 14.4. The molecule has 2 N–H and O–H groups in total. The highest BCUT2D eigenvalue weighted by Gasteiger charge is 2.20. The maximum atomic E-state index is 12.7. The van der Waals surface area contributed by atoms with Gasteiger partial charge in [0.25, 0.3) is 11.8 Å². The van der Waals surface area contributed by atoms with Gasteiger partial charge < -0.3 is 15.4 Å². The summed E-state index contributed by atoms with van der Waals surface area (Å²) in [5.74, 6) is 0.628. The van der Waals surface area contributed by atoms with E-state index in [1.807, 2.05) is 30.3 Å². The van der Waals surface area contributed by atoms with Crippen LogP contribution >= 0.6 is 0 Å². The Bertz CT molecular complexity index is 772. The van der Waals surface area contributed by atoms with Crippen LogP contribution in [0.1, 0.15) is 42.2 Å². The molecule has 1 aliphatic heterocycles. The molecule has 0 fully saturated rings. The fraction of sp³-hybridized carbons (Fsp3) is 0.300. The van der Waals surface area contributed by atoms with Crippen molar-refractivity contribution in [3.63, 3.8) is 0 Å². The zero-order chi connectivity index (χ0) is 17.8. The third-order valence-corrected chi connectivity index (χ3v) is 4.09. The number of benzene rings is 2. The highest BCUT2D eigenvalue weighted by atomic mass is 16.5. The van der Waals surface area contributed by atoms with Crippen LogP contribution in [0.4, 0.5) is 5.69 Å². The fourth-order valence-corrected chi connectivity index (χ4v) is 2.89. The molecule has 0 aromatic heterocycles. The molecular formula is C20H22N2O3. The molecule has 0 aliphatic carbocycles. The van der Waals surface area contributed by atoms with Gasteiger partial charge in [-0.05, 0) is 36.1 Å². The van der Waals surface area contributed by atoms with Crippen LogP contribution in [0.15, 0.2) is 48.5 Å². The molecule has 0 saturated heterocycles. The van der Waals surface area contributed by atoms with Gasteiger partial charge in [0.2, 0.25) is 0 Å². The molecule has 0 radical (unpaired) electrons. The molecule has 1 unspecified atom stereocenters. The smallest absolute Gasteiger partial charge is 0.262 e. The predicted molar refractivity (Wildman–Crippen MR) is 96.7 cm³/mol. The van der Waals surface area contributed by atoms with Crippen LogP contribution in [0.25, 0.3) is 0 Å². The lowest BCUT2D eigenvalue weighted by molar-refractivity contribution is -0.118. The zero-order valence-electron chi connectivity index (χ0n) is 14.4. The van der Waals surface area contributed by atoms with Gasteiger partial charge in [0.1, 0.15) is 5.75 Å². The van der Waals surface area contributed by atoms with E-state index in [1.165, 1.54) is 0 Å². The minimum atomic E-state index is -0.189. The van der Waals surface area contributed by atoms with Gasteiger partial charge in [0, 0.05) is 5.56 Å². The number of fused-ring (bicyclic) bond motifs is 1. The molecule has 0 saturated carbocycles. The summed E-state index contributed by atoms with van der Waals surface area (Å²) in [5, 5.41) is 5.84. The summed E-state index contributed by atoms with van der Waals surface area (Å²) >= 11 is 0. The summed E-state index contributed by atoms with van der Waals surface area (Å²) in [6, 6.07) is 15.0. The monoisotopic (exact) mass is 338 g/mol. The van der Waals surface area contributed by atoms with Gasteiger partial charge in [0.05, 0.1) is 11.7 Å². The molecule has 2 aromatic carbocycles. The van der Waals surface area contributed by atoms with E-state index in [1.54, 1.807) is 18.2 Å². The number of hydrogen-bond acceptors (Lipinski definition) is 3. The van der Waals surface area contributed by atoms with Gasteiger partial charge >= 0.3 is 0 Å². The van der Waals surface area contributed by atoms with E-state index in [0.717, 1.165) is 12.0 Å². The van der Waals surface area contributed by atoms with Crippen LogP contribution in [0.2, 0.25) is 0 Å². The van der Waals surface area contributed by atoms with Gasteiger partial charge in [-0.2, -0.15) is 0 Å². The van der Waals surface area contributed by atoms with Crippen LogP contribution in [-0.2, 0) is 4.79 Å². The normalized spacial score (nSPS) is 14.3. The van der Waals surface area contributed by atoms with Crippen molar-refractivity contribution in [2.24, 2.45) is 5.92 Å². The Morgan fingerprint density at radius 1 is 1.20 bits per heavy atom. The molecule has 0 bridgehead atoms. The minimum Gasteiger partial charge on any atom is -0.482 e. The SMILES string of the molecule is CC(C)CC(NC(=O)c1ccc2c(c1)OCC(=O)N2)c1ccccc1. The Morgan fingerprint density at radius 2 is 1.96 bits per heavy atom. The van der Waals surface area contributed by atoms with E-state index in [2.05, 4.69) is 24.5 Å². The molecule has 1 aliphatic rings. The minimum absolute atomic E-state index is 0.0297. The fourth-order valence-electron chi connectivity index (χ4n) is 2.89. The highest BCUT2D eigenvalue weighted by Crippen LogP contribution is 2.29. The van der Waals surface area contributed by atoms with Crippen LogP contribution < -0.4 is 15.4 Å². The van der Waals surface area contributed by atoms with Gasteiger partial charge in [-0.3, -0.25) is 9.59 Å². The molecule has 5 heteroatoms. The molecule has 1 heterocycles. The largest absolute Gasteiger partial charge is 0.482 e. The van der Waals surface area contributed by atoms with E-state index in [9.17, 15) is 9.59 Å². The van der Waals surface area contributed by atoms with E-state index in [-0.39, 0.29) is 24.5 Å². The molecule has 5 nitrogen and oxygen atoms in total. The summed E-state index contributed by atoms with van der Waals surface area (Å²) in [5.41, 5.74) is 2.19. The van der Waals surface area contributed by atoms with Crippen molar-refractivity contribution < 1.29 is 14.3 Å². The first-order valence-corrected chi connectivity index (χ1v) is 8.45. The van der Waals surface area contributed by atoms with Crippen molar-refractivity contribution in [1.82, 2.24) is 5.32 Å². The second-order valence-corrected chi connectivity index (χ2v) is 6.61. The van der Waals surface area contributed by atoms with E-state index < -0.39 is 0 Å². The van der Waals surface area contributed by atoms with Crippen molar-refractivity contribution in [1.29, 1.82) is 0 Å². The number of rotatable bonds is 5. The first kappa shape index (κ1) is 17.0. The third-order valence-electron chi connectivity index (χ3n) is 4.09. The van der Waals surface area contributed by atoms with Crippen molar-refractivity contribution in [3.8, 4) is 5.75 Å². The molecule has 2 aromatic rings. The van der Waals surface area contributed by atoms with Crippen molar-refractivity contribution >= 4 is 17.5 Å². The predicted octanol–water partition coefficient (Wildman–Crippen LogP) is 3.53. The number of carbonyl (C=O) groups is 2. The van der Waals surface area contributed by atoms with Crippen molar-refractivity contribution in [2.75, 3.05) is 11.9 Å². The molecule has 0 spiro atoms. The van der Waals surface area contributed by atoms with Gasteiger partial charge in [-0.1, -0.05) is 44.2 Å². The van der Waals surface area contributed by atoms with Gasteiger partial charge in [-0.15, -0.1) is 0 Å². The Balaban J connectivity index is 1.78. The van der Waals surface area contributed by atoms with Crippen LogP contribution in [0, 0.1) is 5.92 Å². The first-order valence-electron chi connectivity index (χ1n) is 8.45. The van der Waals surface area contributed by atoms with E-state index >= 15 is 0 Å². The second kappa shape index (κ2) is 7.38. The number of carbonyl (C=O) groups excluding carboxylic acids is 2. The summed E-state index contributed by atoms with van der Waals surface area (Å²) in [6.45, 7) is 4.24. The quantitative estimate of drug-likeness (QED) is 0.876. The second-order valence-electron chi connectivity index (χ2n) is 6.61. The van der Waals surface area contributed by atoms with Crippen LogP contribution in [0.3, 0.4) is 0 Å².